The van der Waals surface area contributed by atoms with Gasteiger partial charge in [0.15, 0.2) is 0 Å². The van der Waals surface area contributed by atoms with Crippen molar-refractivity contribution in [2.24, 2.45) is 11.3 Å². The standard InChI is InChI=1S/C23H24F3N3O2S/c24-23(25,26)20-10-18(4-3-16(20)12-27)29-13-17(14-30)22(15-29)5-7-28(8-6-22)21(31)11-19-2-1-9-32-19/h1-4,9-10,17,30H,5-8,11,13-15H2. The molecule has 2 saturated heterocycles. The second kappa shape index (κ2) is 8.75. The van der Waals surface area contributed by atoms with Crippen LogP contribution in [0.3, 0.4) is 0 Å². The normalized spacial score (nSPS) is 20.5. The molecule has 2 aromatic rings. The number of aliphatic hydroxyl groups excluding tert-OH is 1. The maximum atomic E-state index is 13.4. The van der Waals surface area contributed by atoms with E-state index in [0.717, 1.165) is 10.9 Å². The van der Waals surface area contributed by atoms with Gasteiger partial charge >= 0.3 is 6.18 Å². The molecule has 0 saturated carbocycles. The molecule has 170 valence electrons. The number of likely N-dealkylation sites (tertiary alicyclic amines) is 1. The van der Waals surface area contributed by atoms with Gasteiger partial charge in [0.1, 0.15) is 0 Å². The smallest absolute Gasteiger partial charge is 0.396 e. The number of nitrogens with zero attached hydrogens (tertiary/aromatic N) is 3. The first-order valence-corrected chi connectivity index (χ1v) is 11.4. The molecule has 0 radical (unpaired) electrons. The van der Waals surface area contributed by atoms with Crippen LogP contribution in [0.4, 0.5) is 18.9 Å². The van der Waals surface area contributed by atoms with Crippen LogP contribution >= 0.6 is 11.3 Å². The van der Waals surface area contributed by atoms with Crippen molar-refractivity contribution in [3.05, 3.63) is 51.7 Å². The van der Waals surface area contributed by atoms with Crippen molar-refractivity contribution in [3.8, 4) is 6.07 Å². The van der Waals surface area contributed by atoms with E-state index in [1.807, 2.05) is 27.3 Å². The molecular formula is C23H24F3N3O2S. The van der Waals surface area contributed by atoms with Crippen molar-refractivity contribution < 1.29 is 23.1 Å². The predicted octanol–water partition coefficient (Wildman–Crippen LogP) is 3.92. The summed E-state index contributed by atoms with van der Waals surface area (Å²) < 4.78 is 40.2. The minimum Gasteiger partial charge on any atom is -0.396 e. The van der Waals surface area contributed by atoms with Crippen LogP contribution < -0.4 is 4.90 Å². The molecule has 1 amide bonds. The summed E-state index contributed by atoms with van der Waals surface area (Å²) in [7, 11) is 0. The van der Waals surface area contributed by atoms with E-state index in [1.54, 1.807) is 23.5 Å². The number of carbonyl (C=O) groups excluding carboxylic acids is 1. The summed E-state index contributed by atoms with van der Waals surface area (Å²) in [6, 6.07) is 9.26. The Morgan fingerprint density at radius 3 is 2.62 bits per heavy atom. The molecule has 0 bridgehead atoms. The van der Waals surface area contributed by atoms with Crippen molar-refractivity contribution in [2.45, 2.75) is 25.4 Å². The van der Waals surface area contributed by atoms with E-state index >= 15 is 0 Å². The second-order valence-corrected chi connectivity index (χ2v) is 9.63. The molecule has 2 aliphatic rings. The van der Waals surface area contributed by atoms with Crippen molar-refractivity contribution >= 4 is 22.9 Å². The van der Waals surface area contributed by atoms with Gasteiger partial charge in [-0.1, -0.05) is 6.07 Å². The van der Waals surface area contributed by atoms with Gasteiger partial charge in [-0.05, 0) is 47.9 Å². The van der Waals surface area contributed by atoms with Gasteiger partial charge in [0.25, 0.3) is 0 Å². The Bertz CT molecular complexity index is 1010. The highest BCUT2D eigenvalue weighted by molar-refractivity contribution is 7.10. The van der Waals surface area contributed by atoms with Crippen LogP contribution in [0.1, 0.15) is 28.8 Å². The number of piperidine rings is 1. The van der Waals surface area contributed by atoms with E-state index in [-0.39, 0.29) is 23.8 Å². The summed E-state index contributed by atoms with van der Waals surface area (Å²) in [5, 5.41) is 21.0. The SMILES string of the molecule is N#Cc1ccc(N2CC(CO)C3(CCN(C(=O)Cc4cccs4)CC3)C2)cc1C(F)(F)F. The molecule has 1 aromatic heterocycles. The number of halogens is 3. The number of carbonyl (C=O) groups is 1. The summed E-state index contributed by atoms with van der Waals surface area (Å²) >= 11 is 1.55. The van der Waals surface area contributed by atoms with Crippen molar-refractivity contribution in [3.63, 3.8) is 0 Å². The summed E-state index contributed by atoms with van der Waals surface area (Å²) in [6.07, 6.45) is -2.82. The zero-order valence-electron chi connectivity index (χ0n) is 17.4. The number of benzene rings is 1. The molecule has 1 spiro atoms. The minimum atomic E-state index is -4.61. The lowest BCUT2D eigenvalue weighted by molar-refractivity contribution is -0.137. The first-order chi connectivity index (χ1) is 15.3. The van der Waals surface area contributed by atoms with E-state index < -0.39 is 17.3 Å². The Morgan fingerprint density at radius 2 is 2.03 bits per heavy atom. The van der Waals surface area contributed by atoms with E-state index in [9.17, 15) is 23.1 Å². The largest absolute Gasteiger partial charge is 0.417 e. The van der Waals surface area contributed by atoms with Crippen LogP contribution in [0, 0.1) is 22.7 Å². The fourth-order valence-electron chi connectivity index (χ4n) is 4.98. The lowest BCUT2D eigenvalue weighted by atomic mass is 9.71. The summed E-state index contributed by atoms with van der Waals surface area (Å²) in [5.74, 6) is 0.00152. The van der Waals surface area contributed by atoms with Gasteiger partial charge < -0.3 is 14.9 Å². The quantitative estimate of drug-likeness (QED) is 0.747. The topological polar surface area (TPSA) is 67.6 Å². The molecular weight excluding hydrogens is 439 g/mol. The first kappa shape index (κ1) is 22.6. The lowest BCUT2D eigenvalue weighted by Gasteiger charge is -2.42. The molecule has 0 aliphatic carbocycles. The molecule has 5 nitrogen and oxygen atoms in total. The monoisotopic (exact) mass is 463 g/mol. The van der Waals surface area contributed by atoms with E-state index in [0.29, 0.717) is 51.1 Å². The van der Waals surface area contributed by atoms with Gasteiger partial charge in [0, 0.05) is 49.3 Å². The fourth-order valence-corrected chi connectivity index (χ4v) is 5.68. The Hall–Kier alpha value is -2.57. The molecule has 1 aromatic carbocycles. The van der Waals surface area contributed by atoms with Crippen molar-refractivity contribution in [1.29, 1.82) is 5.26 Å². The molecule has 4 rings (SSSR count). The summed E-state index contributed by atoms with van der Waals surface area (Å²) in [6.45, 7) is 2.07. The van der Waals surface area contributed by atoms with Crippen LogP contribution in [0.15, 0.2) is 35.7 Å². The van der Waals surface area contributed by atoms with Gasteiger partial charge in [-0.15, -0.1) is 11.3 Å². The third-order valence-corrected chi connectivity index (χ3v) is 7.72. The van der Waals surface area contributed by atoms with E-state index in [4.69, 9.17) is 5.26 Å². The van der Waals surface area contributed by atoms with Crippen LogP contribution in [0.2, 0.25) is 0 Å². The Labute approximate surface area is 188 Å². The second-order valence-electron chi connectivity index (χ2n) is 8.60. The molecule has 2 fully saturated rings. The number of amides is 1. The van der Waals surface area contributed by atoms with E-state index in [2.05, 4.69) is 0 Å². The third kappa shape index (κ3) is 4.34. The van der Waals surface area contributed by atoms with Crippen LogP contribution in [-0.2, 0) is 17.4 Å². The number of hydrogen-bond acceptors (Lipinski definition) is 5. The summed E-state index contributed by atoms with van der Waals surface area (Å²) in [5.41, 5.74) is -1.18. The number of anilines is 1. The van der Waals surface area contributed by atoms with Gasteiger partial charge in [-0.25, -0.2) is 0 Å². The van der Waals surface area contributed by atoms with Crippen LogP contribution in [-0.4, -0.2) is 48.7 Å². The van der Waals surface area contributed by atoms with E-state index in [1.165, 1.54) is 6.07 Å². The zero-order chi connectivity index (χ0) is 22.9. The lowest BCUT2D eigenvalue weighted by Crippen LogP contribution is -2.47. The zero-order valence-corrected chi connectivity index (χ0v) is 18.3. The number of rotatable bonds is 4. The fraction of sp³-hybridized carbons (Fsp3) is 0.478. The molecule has 2 aliphatic heterocycles. The highest BCUT2D eigenvalue weighted by Crippen LogP contribution is 2.46. The Morgan fingerprint density at radius 1 is 1.28 bits per heavy atom. The van der Waals surface area contributed by atoms with Gasteiger partial charge in [-0.3, -0.25) is 4.79 Å². The van der Waals surface area contributed by atoms with Gasteiger partial charge in [0.05, 0.1) is 23.6 Å². The van der Waals surface area contributed by atoms with Crippen molar-refractivity contribution in [2.75, 3.05) is 37.7 Å². The van der Waals surface area contributed by atoms with Gasteiger partial charge in [0.2, 0.25) is 5.91 Å². The molecule has 1 unspecified atom stereocenters. The van der Waals surface area contributed by atoms with Crippen LogP contribution in [0.25, 0.3) is 0 Å². The predicted molar refractivity (Wildman–Crippen MR) is 115 cm³/mol. The molecule has 3 heterocycles. The van der Waals surface area contributed by atoms with Crippen molar-refractivity contribution in [1.82, 2.24) is 4.90 Å². The maximum absolute atomic E-state index is 13.4. The highest BCUT2D eigenvalue weighted by Gasteiger charge is 2.48. The molecule has 1 N–H and O–H groups in total. The first-order valence-electron chi connectivity index (χ1n) is 10.5. The minimum absolute atomic E-state index is 0.0535. The van der Waals surface area contributed by atoms with Gasteiger partial charge in [-0.2, -0.15) is 18.4 Å². The average molecular weight is 464 g/mol. The highest BCUT2D eigenvalue weighted by atomic mass is 32.1. The third-order valence-electron chi connectivity index (χ3n) is 6.84. The Balaban J connectivity index is 1.48. The van der Waals surface area contributed by atoms with Crippen LogP contribution in [0.5, 0.6) is 0 Å². The molecule has 32 heavy (non-hydrogen) atoms. The average Bonchev–Trinajstić information content (AvgIpc) is 3.41. The summed E-state index contributed by atoms with van der Waals surface area (Å²) in [4.78, 5) is 17.4. The number of aliphatic hydroxyl groups is 1. The molecule has 9 heteroatoms. The molecule has 1 atom stereocenters. The Kier molecular flexibility index (Phi) is 6.19. The number of nitriles is 1. The maximum Gasteiger partial charge on any atom is 0.417 e. The number of alkyl halides is 3. The number of thiophene rings is 1. The number of hydrogen-bond donors (Lipinski definition) is 1.